The smallest absolute Gasteiger partial charge is 0.280 e. The normalized spacial score (nSPS) is 30.1. The molecule has 0 saturated carbocycles. The summed E-state index contributed by atoms with van der Waals surface area (Å²) in [6.07, 6.45) is 0.703. The maximum atomic E-state index is 14.1. The van der Waals surface area contributed by atoms with Crippen molar-refractivity contribution in [2.75, 3.05) is 12.3 Å². The van der Waals surface area contributed by atoms with E-state index in [1.54, 1.807) is 6.92 Å². The van der Waals surface area contributed by atoms with Crippen LogP contribution < -0.4 is 11.3 Å². The number of ether oxygens (including phenoxy) is 1. The Labute approximate surface area is 112 Å². The second-order valence-corrected chi connectivity index (χ2v) is 5.01. The quantitative estimate of drug-likeness (QED) is 0.709. The molecule has 9 heteroatoms. The minimum Gasteiger partial charge on any atom is -0.390 e. The largest absolute Gasteiger partial charge is 0.390 e. The standard InChI is InChI=1S/C11H14FN5O3/c1-5-2-11(12,3-18)20-9(5)17-4-14-6-7(17)15-10(13)16-8(6)19/h4-5,9,18H,2-3H2,1H3,(H3,13,15,16,19). The summed E-state index contributed by atoms with van der Waals surface area (Å²) in [6, 6.07) is 0. The zero-order valence-electron chi connectivity index (χ0n) is 10.7. The Morgan fingerprint density at radius 1 is 1.75 bits per heavy atom. The zero-order chi connectivity index (χ0) is 14.5. The van der Waals surface area contributed by atoms with Crippen LogP contribution in [-0.2, 0) is 4.74 Å². The number of rotatable bonds is 2. The molecule has 4 N–H and O–H groups in total. The summed E-state index contributed by atoms with van der Waals surface area (Å²) in [4.78, 5) is 22.0. The molecule has 0 aromatic carbocycles. The molecule has 2 aromatic heterocycles. The molecule has 0 bridgehead atoms. The number of H-pyrrole nitrogens is 1. The number of nitrogens with two attached hydrogens (primary N) is 1. The summed E-state index contributed by atoms with van der Waals surface area (Å²) in [5.41, 5.74) is 5.37. The number of halogens is 1. The van der Waals surface area contributed by atoms with Crippen molar-refractivity contribution in [1.29, 1.82) is 0 Å². The van der Waals surface area contributed by atoms with Crippen molar-refractivity contribution < 1.29 is 14.2 Å². The molecule has 0 aliphatic carbocycles. The van der Waals surface area contributed by atoms with E-state index in [1.165, 1.54) is 10.9 Å². The van der Waals surface area contributed by atoms with Crippen LogP contribution in [0, 0.1) is 5.92 Å². The second-order valence-electron chi connectivity index (χ2n) is 5.01. The summed E-state index contributed by atoms with van der Waals surface area (Å²) < 4.78 is 20.8. The van der Waals surface area contributed by atoms with Crippen LogP contribution in [0.1, 0.15) is 19.6 Å². The average Bonchev–Trinajstić information content (AvgIpc) is 2.91. The van der Waals surface area contributed by atoms with Gasteiger partial charge in [-0.1, -0.05) is 6.92 Å². The maximum Gasteiger partial charge on any atom is 0.280 e. The molecule has 3 heterocycles. The van der Waals surface area contributed by atoms with E-state index in [1.807, 2.05) is 0 Å². The first-order chi connectivity index (χ1) is 9.43. The molecule has 3 unspecified atom stereocenters. The van der Waals surface area contributed by atoms with Crippen LogP contribution in [0.4, 0.5) is 10.3 Å². The molecule has 20 heavy (non-hydrogen) atoms. The molecule has 108 valence electrons. The van der Waals surface area contributed by atoms with Crippen LogP contribution >= 0.6 is 0 Å². The van der Waals surface area contributed by atoms with Crippen LogP contribution in [0.25, 0.3) is 11.2 Å². The SMILES string of the molecule is CC1CC(F)(CO)OC1n1cnc2c(=O)[nH]c(N)nc21. The van der Waals surface area contributed by atoms with E-state index in [2.05, 4.69) is 15.0 Å². The first kappa shape index (κ1) is 13.0. The molecule has 0 radical (unpaired) electrons. The number of nitrogen functional groups attached to an aromatic ring is 1. The Morgan fingerprint density at radius 3 is 3.15 bits per heavy atom. The molecule has 1 saturated heterocycles. The van der Waals surface area contributed by atoms with E-state index in [0.717, 1.165) is 0 Å². The van der Waals surface area contributed by atoms with Gasteiger partial charge < -0.3 is 15.6 Å². The number of fused-ring (bicyclic) bond motifs is 1. The molecule has 0 spiro atoms. The predicted octanol–water partition coefficient (Wildman–Crippen LogP) is -0.0851. The second kappa shape index (κ2) is 4.25. The highest BCUT2D eigenvalue weighted by Crippen LogP contribution is 2.42. The van der Waals surface area contributed by atoms with Gasteiger partial charge in [0.2, 0.25) is 11.8 Å². The average molecular weight is 283 g/mol. The zero-order valence-corrected chi connectivity index (χ0v) is 10.7. The van der Waals surface area contributed by atoms with Gasteiger partial charge in [0, 0.05) is 12.3 Å². The van der Waals surface area contributed by atoms with Gasteiger partial charge in [-0.2, -0.15) is 4.98 Å². The van der Waals surface area contributed by atoms with Crippen molar-refractivity contribution in [3.8, 4) is 0 Å². The molecule has 2 aromatic rings. The van der Waals surface area contributed by atoms with E-state index >= 15 is 0 Å². The lowest BCUT2D eigenvalue weighted by molar-refractivity contribution is -0.177. The van der Waals surface area contributed by atoms with Crippen LogP contribution in [-0.4, -0.2) is 37.1 Å². The van der Waals surface area contributed by atoms with Gasteiger partial charge in [0.25, 0.3) is 5.56 Å². The molecular formula is C11H14FN5O3. The lowest BCUT2D eigenvalue weighted by Gasteiger charge is -2.19. The molecular weight excluding hydrogens is 269 g/mol. The van der Waals surface area contributed by atoms with Crippen molar-refractivity contribution in [3.05, 3.63) is 16.7 Å². The van der Waals surface area contributed by atoms with Gasteiger partial charge in [-0.25, -0.2) is 9.37 Å². The highest BCUT2D eigenvalue weighted by Gasteiger charge is 2.46. The van der Waals surface area contributed by atoms with Crippen molar-refractivity contribution in [2.45, 2.75) is 25.4 Å². The van der Waals surface area contributed by atoms with E-state index in [9.17, 15) is 9.18 Å². The lowest BCUT2D eigenvalue weighted by atomic mass is 10.1. The third-order valence-corrected chi connectivity index (χ3v) is 3.41. The number of aliphatic hydroxyl groups excluding tert-OH is 1. The fourth-order valence-corrected chi connectivity index (χ4v) is 2.52. The highest BCUT2D eigenvalue weighted by atomic mass is 19.2. The Morgan fingerprint density at radius 2 is 2.50 bits per heavy atom. The van der Waals surface area contributed by atoms with Crippen molar-refractivity contribution in [1.82, 2.24) is 19.5 Å². The number of nitrogens with one attached hydrogen (secondary N) is 1. The number of aromatic nitrogens is 4. The molecule has 3 atom stereocenters. The summed E-state index contributed by atoms with van der Waals surface area (Å²) in [7, 11) is 0. The monoisotopic (exact) mass is 283 g/mol. The van der Waals surface area contributed by atoms with Crippen molar-refractivity contribution in [2.24, 2.45) is 5.92 Å². The lowest BCUT2D eigenvalue weighted by Crippen LogP contribution is -2.27. The maximum absolute atomic E-state index is 14.1. The van der Waals surface area contributed by atoms with Gasteiger partial charge in [0.15, 0.2) is 11.2 Å². The summed E-state index contributed by atoms with van der Waals surface area (Å²) >= 11 is 0. The van der Waals surface area contributed by atoms with E-state index in [0.29, 0.717) is 0 Å². The van der Waals surface area contributed by atoms with Crippen LogP contribution in [0.15, 0.2) is 11.1 Å². The van der Waals surface area contributed by atoms with Crippen molar-refractivity contribution in [3.63, 3.8) is 0 Å². The highest BCUT2D eigenvalue weighted by molar-refractivity contribution is 5.70. The number of hydrogen-bond acceptors (Lipinski definition) is 6. The van der Waals surface area contributed by atoms with Gasteiger partial charge in [-0.3, -0.25) is 14.3 Å². The third kappa shape index (κ3) is 1.86. The fraction of sp³-hybridized carbons (Fsp3) is 0.545. The van der Waals surface area contributed by atoms with Gasteiger partial charge in [0.1, 0.15) is 12.8 Å². The molecule has 0 amide bonds. The summed E-state index contributed by atoms with van der Waals surface area (Å²) in [5.74, 6) is -2.36. The van der Waals surface area contributed by atoms with Gasteiger partial charge in [-0.15, -0.1) is 0 Å². The first-order valence-electron chi connectivity index (χ1n) is 6.13. The topological polar surface area (TPSA) is 119 Å². The number of anilines is 1. The first-order valence-corrected chi connectivity index (χ1v) is 6.13. The molecule has 1 fully saturated rings. The Kier molecular flexibility index (Phi) is 2.76. The Hall–Kier alpha value is -2.00. The van der Waals surface area contributed by atoms with Crippen LogP contribution in [0.2, 0.25) is 0 Å². The molecule has 1 aliphatic rings. The van der Waals surface area contributed by atoms with Crippen LogP contribution in [0.3, 0.4) is 0 Å². The Balaban J connectivity index is 2.10. The summed E-state index contributed by atoms with van der Waals surface area (Å²) in [6.45, 7) is 1.06. The number of nitrogens with zero attached hydrogens (tertiary/aromatic N) is 3. The van der Waals surface area contributed by atoms with Crippen molar-refractivity contribution >= 4 is 17.1 Å². The van der Waals surface area contributed by atoms with Gasteiger partial charge >= 0.3 is 0 Å². The number of aromatic amines is 1. The van der Waals surface area contributed by atoms with Gasteiger partial charge in [0.05, 0.1) is 6.33 Å². The predicted molar refractivity (Wildman–Crippen MR) is 67.4 cm³/mol. The van der Waals surface area contributed by atoms with Gasteiger partial charge in [-0.05, 0) is 0 Å². The van der Waals surface area contributed by atoms with E-state index in [-0.39, 0.29) is 29.5 Å². The minimum atomic E-state index is -2.09. The number of imidazole rings is 1. The number of alkyl halides is 1. The number of hydrogen-bond donors (Lipinski definition) is 3. The minimum absolute atomic E-state index is 0.0481. The van der Waals surface area contributed by atoms with Crippen LogP contribution in [0.5, 0.6) is 0 Å². The van der Waals surface area contributed by atoms with E-state index < -0.39 is 24.2 Å². The van der Waals surface area contributed by atoms with E-state index in [4.69, 9.17) is 15.6 Å². The Bertz CT molecular complexity index is 714. The molecule has 1 aliphatic heterocycles. The number of aliphatic hydroxyl groups is 1. The fourth-order valence-electron chi connectivity index (χ4n) is 2.52. The molecule has 8 nitrogen and oxygen atoms in total. The summed E-state index contributed by atoms with van der Waals surface area (Å²) in [5, 5.41) is 9.04. The third-order valence-electron chi connectivity index (χ3n) is 3.41. The molecule has 3 rings (SSSR count).